The van der Waals surface area contributed by atoms with Gasteiger partial charge in [-0.1, -0.05) is 207 Å². The maximum absolute atomic E-state index is 5.39. The van der Waals surface area contributed by atoms with Gasteiger partial charge in [0, 0.05) is 59.3 Å². The van der Waals surface area contributed by atoms with Gasteiger partial charge in [-0.15, -0.1) is 11.3 Å². The van der Waals surface area contributed by atoms with E-state index in [2.05, 4.69) is 218 Å². The first-order valence-corrected chi connectivity index (χ1v) is 23.8. The number of aromatic nitrogens is 4. The van der Waals surface area contributed by atoms with Crippen LogP contribution in [0.5, 0.6) is 0 Å². The number of nitrogens with zero attached hydrogens (tertiary/aromatic N) is 4. The van der Waals surface area contributed by atoms with E-state index in [-0.39, 0.29) is 5.92 Å². The van der Waals surface area contributed by atoms with E-state index < -0.39 is 0 Å². The second kappa shape index (κ2) is 17.4. The van der Waals surface area contributed by atoms with E-state index in [4.69, 9.17) is 15.0 Å². The minimum atomic E-state index is -0.0672. The summed E-state index contributed by atoms with van der Waals surface area (Å²) in [6.07, 6.45) is 8.62. The van der Waals surface area contributed by atoms with Crippen LogP contribution in [-0.2, 0) is 0 Å². The summed E-state index contributed by atoms with van der Waals surface area (Å²) in [7, 11) is 0. The van der Waals surface area contributed by atoms with Crippen molar-refractivity contribution in [1.29, 1.82) is 0 Å². The van der Waals surface area contributed by atoms with E-state index in [1.54, 1.807) is 6.08 Å². The molecule has 8 aromatic carbocycles. The Morgan fingerprint density at radius 3 is 1.76 bits per heavy atom. The average Bonchev–Trinajstić information content (AvgIpc) is 3.94. The fourth-order valence-electron chi connectivity index (χ4n) is 9.94. The molecular formula is C63H44N4S. The summed E-state index contributed by atoms with van der Waals surface area (Å²) in [5.41, 5.74) is 14.3. The SMILES string of the molecule is C=C/C=C(\C=C)c1ccc(-c2nc(C3=CC(c4ccccc4)=C(n4c5ccccc5c5cc6sc7ccccc7c6cc54)C(c4ccccc4)C3)nc(-c3ccc(-c4ccccc4)cc3)n2)cc1. The van der Waals surface area contributed by atoms with Gasteiger partial charge in [0.2, 0.25) is 0 Å². The Bertz CT molecular complexity index is 3820. The van der Waals surface area contributed by atoms with Crippen LogP contribution in [0.2, 0.25) is 0 Å². The third kappa shape index (κ3) is 7.30. The highest BCUT2D eigenvalue weighted by Gasteiger charge is 2.32. The zero-order valence-electron chi connectivity index (χ0n) is 37.3. The molecule has 11 aromatic rings. The summed E-state index contributed by atoms with van der Waals surface area (Å²) in [6, 6.07) is 71.6. The molecule has 0 fully saturated rings. The second-order valence-electron chi connectivity index (χ2n) is 17.2. The molecule has 0 N–H and O–H groups in total. The van der Waals surface area contributed by atoms with Gasteiger partial charge in [0.1, 0.15) is 0 Å². The molecule has 12 rings (SSSR count). The van der Waals surface area contributed by atoms with Crippen LogP contribution in [-0.4, -0.2) is 19.5 Å². The van der Waals surface area contributed by atoms with Gasteiger partial charge in [-0.25, -0.2) is 15.0 Å². The number of fused-ring (bicyclic) bond motifs is 6. The van der Waals surface area contributed by atoms with Gasteiger partial charge >= 0.3 is 0 Å². The molecular weight excluding hydrogens is 845 g/mol. The first-order chi connectivity index (χ1) is 33.6. The summed E-state index contributed by atoms with van der Waals surface area (Å²) in [5.74, 6) is 1.82. The molecule has 0 amide bonds. The lowest BCUT2D eigenvalue weighted by Crippen LogP contribution is -2.16. The van der Waals surface area contributed by atoms with E-state index in [0.29, 0.717) is 23.9 Å². The van der Waals surface area contributed by atoms with Gasteiger partial charge in [-0.05, 0) is 75.7 Å². The smallest absolute Gasteiger partial charge is 0.164 e. The second-order valence-corrected chi connectivity index (χ2v) is 18.3. The topological polar surface area (TPSA) is 43.6 Å². The van der Waals surface area contributed by atoms with Gasteiger partial charge in [0.25, 0.3) is 0 Å². The highest BCUT2D eigenvalue weighted by atomic mass is 32.1. The molecule has 0 spiro atoms. The molecule has 0 bridgehead atoms. The predicted molar refractivity (Wildman–Crippen MR) is 288 cm³/mol. The van der Waals surface area contributed by atoms with Crippen molar-refractivity contribution in [3.8, 4) is 33.9 Å². The van der Waals surface area contributed by atoms with Crippen molar-refractivity contribution in [2.24, 2.45) is 0 Å². The summed E-state index contributed by atoms with van der Waals surface area (Å²) >= 11 is 1.87. The standard InChI is InChI=1S/C63H44N4S/c1-3-18-41(4-2)43-29-33-47(34-30-43)61-64-62(48-35-31-44(32-36-48)42-19-8-5-9-20-42)66-63(65-61)49-37-52(45-21-10-6-11-22-45)60(53(38-49)46-23-12-7-13-24-46)67-56-27-16-14-25-50(56)54-40-59-55(39-57(54)67)51-26-15-17-28-58(51)68-59/h3-37,39-40,53H,1-2,38H2/b41-18+. The van der Waals surface area contributed by atoms with Crippen molar-refractivity contribution in [3.05, 3.63) is 260 Å². The molecule has 0 saturated carbocycles. The van der Waals surface area contributed by atoms with Crippen LogP contribution in [0, 0.1) is 0 Å². The third-order valence-electron chi connectivity index (χ3n) is 13.2. The number of para-hydroxylation sites is 1. The molecule has 3 heterocycles. The van der Waals surface area contributed by atoms with E-state index >= 15 is 0 Å². The lowest BCUT2D eigenvalue weighted by atomic mass is 9.80. The number of thiophene rings is 1. The number of allylic oxidation sites excluding steroid dienone is 8. The molecule has 3 aromatic heterocycles. The predicted octanol–water partition coefficient (Wildman–Crippen LogP) is 16.7. The van der Waals surface area contributed by atoms with Crippen LogP contribution in [0.15, 0.2) is 238 Å². The van der Waals surface area contributed by atoms with Crippen LogP contribution < -0.4 is 0 Å². The van der Waals surface area contributed by atoms with Crippen molar-refractivity contribution >= 4 is 75.7 Å². The lowest BCUT2D eigenvalue weighted by molar-refractivity contribution is 0.835. The van der Waals surface area contributed by atoms with Crippen molar-refractivity contribution in [2.45, 2.75) is 12.3 Å². The molecule has 322 valence electrons. The van der Waals surface area contributed by atoms with Crippen LogP contribution in [0.3, 0.4) is 0 Å². The van der Waals surface area contributed by atoms with E-state index in [1.807, 2.05) is 29.6 Å². The Hall–Kier alpha value is -8.51. The highest BCUT2D eigenvalue weighted by molar-refractivity contribution is 7.25. The van der Waals surface area contributed by atoms with Crippen molar-refractivity contribution in [1.82, 2.24) is 19.5 Å². The van der Waals surface area contributed by atoms with Gasteiger partial charge in [-0.2, -0.15) is 0 Å². The van der Waals surface area contributed by atoms with Crippen LogP contribution >= 0.6 is 11.3 Å². The molecule has 68 heavy (non-hydrogen) atoms. The number of rotatable bonds is 10. The first-order valence-electron chi connectivity index (χ1n) is 23.0. The van der Waals surface area contributed by atoms with Crippen LogP contribution in [0.25, 0.3) is 98.3 Å². The molecule has 5 heteroatoms. The minimum Gasteiger partial charge on any atom is -0.312 e. The maximum atomic E-state index is 5.39. The zero-order chi connectivity index (χ0) is 45.6. The average molecular weight is 889 g/mol. The van der Waals surface area contributed by atoms with Gasteiger partial charge in [0.15, 0.2) is 17.5 Å². The van der Waals surface area contributed by atoms with Crippen LogP contribution in [0.4, 0.5) is 0 Å². The quantitative estimate of drug-likeness (QED) is 0.129. The van der Waals surface area contributed by atoms with Crippen LogP contribution in [0.1, 0.15) is 34.9 Å². The molecule has 0 aliphatic heterocycles. The van der Waals surface area contributed by atoms with Crippen molar-refractivity contribution < 1.29 is 0 Å². The third-order valence-corrected chi connectivity index (χ3v) is 14.3. The largest absolute Gasteiger partial charge is 0.312 e. The minimum absolute atomic E-state index is 0.0672. The summed E-state index contributed by atoms with van der Waals surface area (Å²) in [6.45, 7) is 7.95. The molecule has 1 atom stereocenters. The molecule has 1 aliphatic carbocycles. The number of hydrogen-bond donors (Lipinski definition) is 0. The summed E-state index contributed by atoms with van der Waals surface area (Å²) in [4.78, 5) is 16.0. The molecule has 1 aliphatic rings. The Morgan fingerprint density at radius 1 is 0.500 bits per heavy atom. The first kappa shape index (κ1) is 41.0. The number of benzene rings is 8. The van der Waals surface area contributed by atoms with Gasteiger partial charge < -0.3 is 4.57 Å². The van der Waals surface area contributed by atoms with E-state index in [9.17, 15) is 0 Å². The fourth-order valence-corrected chi connectivity index (χ4v) is 11.1. The Balaban J connectivity index is 1.11. The normalized spacial score (nSPS) is 14.2. The summed E-state index contributed by atoms with van der Waals surface area (Å²) < 4.78 is 5.15. The number of hydrogen-bond acceptors (Lipinski definition) is 4. The highest BCUT2D eigenvalue weighted by Crippen LogP contribution is 2.50. The lowest BCUT2D eigenvalue weighted by Gasteiger charge is -2.31. The fraction of sp³-hybridized carbons (Fsp3) is 0.0317. The molecule has 4 nitrogen and oxygen atoms in total. The molecule has 0 saturated heterocycles. The van der Waals surface area contributed by atoms with E-state index in [0.717, 1.165) is 50.1 Å². The van der Waals surface area contributed by atoms with E-state index in [1.165, 1.54) is 53.2 Å². The van der Waals surface area contributed by atoms with Gasteiger partial charge in [0.05, 0.1) is 11.0 Å². The van der Waals surface area contributed by atoms with Gasteiger partial charge in [-0.3, -0.25) is 0 Å². The summed E-state index contributed by atoms with van der Waals surface area (Å²) in [5, 5.41) is 5.05. The zero-order valence-corrected chi connectivity index (χ0v) is 38.1. The molecule has 0 radical (unpaired) electrons. The molecule has 1 unspecified atom stereocenters. The Labute approximate surface area is 399 Å². The Kier molecular flexibility index (Phi) is 10.5. The van der Waals surface area contributed by atoms with Crippen molar-refractivity contribution in [3.63, 3.8) is 0 Å². The van der Waals surface area contributed by atoms with Crippen molar-refractivity contribution in [2.75, 3.05) is 0 Å². The monoisotopic (exact) mass is 888 g/mol. The maximum Gasteiger partial charge on any atom is 0.164 e. The Morgan fingerprint density at radius 2 is 1.07 bits per heavy atom.